The molecule has 1 aliphatic rings. The summed E-state index contributed by atoms with van der Waals surface area (Å²) in [5.74, 6) is 0. The molecule has 0 aromatic heterocycles. The topological polar surface area (TPSA) is 24.5 Å². The van der Waals surface area contributed by atoms with Crippen molar-refractivity contribution in [3.8, 4) is 0 Å². The molecule has 1 aliphatic heterocycles. The van der Waals surface area contributed by atoms with Gasteiger partial charge in [-0.2, -0.15) is 0 Å². The average molecular weight is 269 g/mol. The second-order valence-electron chi connectivity index (χ2n) is 4.54. The van der Waals surface area contributed by atoms with Gasteiger partial charge in [-0.05, 0) is 5.56 Å². The number of nitrogens with zero attached hydrogens (tertiary/aromatic N) is 1. The van der Waals surface area contributed by atoms with Crippen molar-refractivity contribution in [3.05, 3.63) is 35.9 Å². The Labute approximate surface area is 114 Å². The fourth-order valence-electron chi connectivity index (χ4n) is 2.07. The van der Waals surface area contributed by atoms with Crippen molar-refractivity contribution < 1.29 is 4.74 Å². The van der Waals surface area contributed by atoms with Crippen LogP contribution in [-0.2, 0) is 4.74 Å². The highest BCUT2D eigenvalue weighted by atomic mass is 35.5. The number of hydrogen-bond acceptors (Lipinski definition) is 3. The lowest BCUT2D eigenvalue weighted by Crippen LogP contribution is -2.40. The van der Waals surface area contributed by atoms with Crippen molar-refractivity contribution in [2.24, 2.45) is 0 Å². The molecule has 1 heterocycles. The second kappa shape index (κ2) is 7.74. The van der Waals surface area contributed by atoms with Crippen LogP contribution < -0.4 is 5.32 Å². The van der Waals surface area contributed by atoms with Crippen molar-refractivity contribution in [1.29, 1.82) is 0 Å². The molecule has 0 spiro atoms. The van der Waals surface area contributed by atoms with Gasteiger partial charge in [0, 0.05) is 32.7 Å². The van der Waals surface area contributed by atoms with E-state index in [0.29, 0.717) is 0 Å². The molecule has 0 saturated carbocycles. The highest BCUT2D eigenvalue weighted by molar-refractivity contribution is 6.21. The number of benzene rings is 1. The Morgan fingerprint density at radius 3 is 2.67 bits per heavy atom. The van der Waals surface area contributed by atoms with Gasteiger partial charge in [0.1, 0.15) is 0 Å². The van der Waals surface area contributed by atoms with E-state index < -0.39 is 0 Å². The van der Waals surface area contributed by atoms with Crippen molar-refractivity contribution in [3.63, 3.8) is 0 Å². The second-order valence-corrected chi connectivity index (χ2v) is 5.06. The molecular formula is C14H21ClN2O. The van der Waals surface area contributed by atoms with Gasteiger partial charge in [-0.3, -0.25) is 4.90 Å². The van der Waals surface area contributed by atoms with Gasteiger partial charge in [0.25, 0.3) is 0 Å². The summed E-state index contributed by atoms with van der Waals surface area (Å²) in [6.07, 6.45) is 0. The van der Waals surface area contributed by atoms with Crippen LogP contribution in [0.1, 0.15) is 10.9 Å². The fourth-order valence-corrected chi connectivity index (χ4v) is 2.33. The maximum Gasteiger partial charge on any atom is 0.0709 e. The Kier molecular flexibility index (Phi) is 5.94. The molecule has 18 heavy (non-hydrogen) atoms. The van der Waals surface area contributed by atoms with Gasteiger partial charge in [-0.1, -0.05) is 30.3 Å². The van der Waals surface area contributed by atoms with Crippen LogP contribution in [0.3, 0.4) is 0 Å². The van der Waals surface area contributed by atoms with Gasteiger partial charge in [0.2, 0.25) is 0 Å². The molecule has 100 valence electrons. The summed E-state index contributed by atoms with van der Waals surface area (Å²) in [4.78, 5) is 2.42. The Morgan fingerprint density at radius 1 is 1.22 bits per heavy atom. The van der Waals surface area contributed by atoms with Crippen molar-refractivity contribution >= 4 is 11.6 Å². The first kappa shape index (κ1) is 13.8. The monoisotopic (exact) mass is 268 g/mol. The van der Waals surface area contributed by atoms with E-state index in [-0.39, 0.29) is 5.38 Å². The minimum Gasteiger partial charge on any atom is -0.379 e. The van der Waals surface area contributed by atoms with Crippen molar-refractivity contribution in [2.45, 2.75) is 5.38 Å². The maximum absolute atomic E-state index is 6.33. The van der Waals surface area contributed by atoms with Gasteiger partial charge in [0.05, 0.1) is 18.6 Å². The SMILES string of the molecule is ClC(CNCCN1CCOCC1)c1ccccc1. The molecule has 1 aromatic rings. The van der Waals surface area contributed by atoms with E-state index in [1.807, 2.05) is 18.2 Å². The van der Waals surface area contributed by atoms with E-state index >= 15 is 0 Å². The van der Waals surface area contributed by atoms with E-state index in [0.717, 1.165) is 45.9 Å². The standard InChI is InChI=1S/C14H21ClN2O/c15-14(13-4-2-1-3-5-13)12-16-6-7-17-8-10-18-11-9-17/h1-5,14,16H,6-12H2. The summed E-state index contributed by atoms with van der Waals surface area (Å²) in [6.45, 7) is 6.69. The van der Waals surface area contributed by atoms with Crippen LogP contribution in [0.5, 0.6) is 0 Å². The van der Waals surface area contributed by atoms with E-state index in [1.165, 1.54) is 5.56 Å². The summed E-state index contributed by atoms with van der Waals surface area (Å²) in [5, 5.41) is 3.47. The molecule has 1 N–H and O–H groups in total. The van der Waals surface area contributed by atoms with E-state index in [2.05, 4.69) is 22.3 Å². The minimum absolute atomic E-state index is 0.0517. The molecule has 0 bridgehead atoms. The van der Waals surface area contributed by atoms with Gasteiger partial charge in [0.15, 0.2) is 0 Å². The minimum atomic E-state index is 0.0517. The highest BCUT2D eigenvalue weighted by Crippen LogP contribution is 2.18. The summed E-state index contributed by atoms with van der Waals surface area (Å²) in [5.41, 5.74) is 1.18. The predicted molar refractivity (Wildman–Crippen MR) is 75.2 cm³/mol. The predicted octanol–water partition coefficient (Wildman–Crippen LogP) is 1.89. The largest absolute Gasteiger partial charge is 0.379 e. The summed E-state index contributed by atoms with van der Waals surface area (Å²) in [7, 11) is 0. The third-order valence-electron chi connectivity index (χ3n) is 3.19. The third kappa shape index (κ3) is 4.58. The molecule has 0 aliphatic carbocycles. The fraction of sp³-hybridized carbons (Fsp3) is 0.571. The van der Waals surface area contributed by atoms with Crippen LogP contribution in [0.2, 0.25) is 0 Å². The Bertz CT molecular complexity index is 328. The molecule has 4 heteroatoms. The molecule has 1 aromatic carbocycles. The van der Waals surface area contributed by atoms with Crippen molar-refractivity contribution in [2.75, 3.05) is 45.9 Å². The van der Waals surface area contributed by atoms with Crippen LogP contribution in [-0.4, -0.2) is 50.8 Å². The van der Waals surface area contributed by atoms with Crippen molar-refractivity contribution in [1.82, 2.24) is 10.2 Å². The number of hydrogen-bond donors (Lipinski definition) is 1. The quantitative estimate of drug-likeness (QED) is 0.630. The zero-order chi connectivity index (χ0) is 12.6. The van der Waals surface area contributed by atoms with Gasteiger partial charge in [-0.25, -0.2) is 0 Å². The smallest absolute Gasteiger partial charge is 0.0709 e. The molecular weight excluding hydrogens is 248 g/mol. The van der Waals surface area contributed by atoms with E-state index in [9.17, 15) is 0 Å². The molecule has 1 atom stereocenters. The van der Waals surface area contributed by atoms with Crippen LogP contribution in [0.25, 0.3) is 0 Å². The number of morpholine rings is 1. The Morgan fingerprint density at radius 2 is 1.94 bits per heavy atom. The number of nitrogens with one attached hydrogen (secondary N) is 1. The zero-order valence-electron chi connectivity index (χ0n) is 10.6. The first-order valence-electron chi connectivity index (χ1n) is 6.56. The Balaban J connectivity index is 1.60. The van der Waals surface area contributed by atoms with Crippen LogP contribution in [0.4, 0.5) is 0 Å². The molecule has 0 radical (unpaired) electrons. The molecule has 3 nitrogen and oxygen atoms in total. The number of rotatable bonds is 6. The molecule has 1 unspecified atom stereocenters. The van der Waals surface area contributed by atoms with E-state index in [4.69, 9.17) is 16.3 Å². The highest BCUT2D eigenvalue weighted by Gasteiger charge is 2.10. The molecule has 1 fully saturated rings. The van der Waals surface area contributed by atoms with Gasteiger partial charge < -0.3 is 10.1 Å². The zero-order valence-corrected chi connectivity index (χ0v) is 11.4. The van der Waals surface area contributed by atoms with Gasteiger partial charge >= 0.3 is 0 Å². The number of ether oxygens (including phenoxy) is 1. The van der Waals surface area contributed by atoms with Crippen LogP contribution in [0, 0.1) is 0 Å². The maximum atomic E-state index is 6.33. The van der Waals surface area contributed by atoms with Crippen LogP contribution >= 0.6 is 11.6 Å². The third-order valence-corrected chi connectivity index (χ3v) is 3.60. The molecule has 1 saturated heterocycles. The lowest BCUT2D eigenvalue weighted by atomic mass is 10.1. The van der Waals surface area contributed by atoms with E-state index in [1.54, 1.807) is 0 Å². The van der Waals surface area contributed by atoms with Gasteiger partial charge in [-0.15, -0.1) is 11.6 Å². The normalized spacial score (nSPS) is 18.7. The Hall–Kier alpha value is -0.610. The van der Waals surface area contributed by atoms with Crippen LogP contribution in [0.15, 0.2) is 30.3 Å². The number of alkyl halides is 1. The summed E-state index contributed by atoms with van der Waals surface area (Å²) >= 11 is 6.33. The molecule has 0 amide bonds. The number of halogens is 1. The first-order valence-corrected chi connectivity index (χ1v) is 7.00. The first-order chi connectivity index (χ1) is 8.86. The average Bonchev–Trinajstić information content (AvgIpc) is 2.45. The summed E-state index contributed by atoms with van der Waals surface area (Å²) in [6, 6.07) is 10.2. The lowest BCUT2D eigenvalue weighted by molar-refractivity contribution is 0.0384. The molecule has 2 rings (SSSR count). The summed E-state index contributed by atoms with van der Waals surface area (Å²) < 4.78 is 5.32. The lowest BCUT2D eigenvalue weighted by Gasteiger charge is -2.26.